The number of methoxy groups -OCH3 is 1. The van der Waals surface area contributed by atoms with Gasteiger partial charge in [0.1, 0.15) is 18.2 Å². The molecule has 2 heterocycles. The maximum atomic E-state index is 13.3. The van der Waals surface area contributed by atoms with Crippen molar-refractivity contribution < 1.29 is 18.7 Å². The summed E-state index contributed by atoms with van der Waals surface area (Å²) in [7, 11) is 2.99. The average molecular weight is 385 g/mol. The van der Waals surface area contributed by atoms with Crippen LogP contribution >= 0.6 is 0 Å². The molecule has 1 N–H and O–H groups in total. The Kier molecular flexibility index (Phi) is 5.53. The number of aryl methyl sites for hydroxylation is 2. The van der Waals surface area contributed by atoms with E-state index < -0.39 is 5.97 Å². The van der Waals surface area contributed by atoms with Crippen molar-refractivity contribution in [2.75, 3.05) is 12.4 Å². The van der Waals surface area contributed by atoms with Crippen LogP contribution in [0.25, 0.3) is 11.1 Å². The second-order valence-corrected chi connectivity index (χ2v) is 6.09. The van der Waals surface area contributed by atoms with Crippen molar-refractivity contribution in [3.8, 4) is 11.1 Å². The molecule has 2 aromatic heterocycles. The third-order valence-corrected chi connectivity index (χ3v) is 4.19. The van der Waals surface area contributed by atoms with Gasteiger partial charge < -0.3 is 10.1 Å². The Balaban J connectivity index is 1.84. The number of nitrogens with zero attached hydrogens (tertiary/aromatic N) is 4. The highest BCUT2D eigenvalue weighted by Gasteiger charge is 2.19. The highest BCUT2D eigenvalue weighted by Crippen LogP contribution is 2.32. The van der Waals surface area contributed by atoms with Crippen LogP contribution in [0, 0.1) is 5.82 Å². The molecule has 0 aliphatic carbocycles. The Morgan fingerprint density at radius 2 is 1.89 bits per heavy atom. The first-order valence-corrected chi connectivity index (χ1v) is 8.66. The van der Waals surface area contributed by atoms with Gasteiger partial charge in [-0.1, -0.05) is 19.1 Å². The molecule has 0 fully saturated rings. The first-order valence-electron chi connectivity index (χ1n) is 8.66. The minimum Gasteiger partial charge on any atom is -0.464 e. The summed E-state index contributed by atoms with van der Waals surface area (Å²) < 4.78 is 20.8. The summed E-state index contributed by atoms with van der Waals surface area (Å²) in [5.74, 6) is -0.740. The molecule has 1 aromatic carbocycles. The minimum atomic E-state index is -0.572. The van der Waals surface area contributed by atoms with E-state index in [0.29, 0.717) is 12.2 Å². The van der Waals surface area contributed by atoms with Crippen LogP contribution in [0.15, 0.2) is 36.5 Å². The molecule has 0 aliphatic heterocycles. The molecule has 0 unspecified atom stereocenters. The van der Waals surface area contributed by atoms with Gasteiger partial charge in [-0.25, -0.2) is 9.18 Å². The van der Waals surface area contributed by atoms with Crippen LogP contribution in [0.2, 0.25) is 0 Å². The fourth-order valence-electron chi connectivity index (χ4n) is 2.87. The predicted molar refractivity (Wildman–Crippen MR) is 100 cm³/mol. The van der Waals surface area contributed by atoms with Crippen molar-refractivity contribution >= 4 is 17.7 Å². The van der Waals surface area contributed by atoms with E-state index in [1.54, 1.807) is 23.9 Å². The molecule has 9 heteroatoms. The highest BCUT2D eigenvalue weighted by atomic mass is 19.1. The Morgan fingerprint density at radius 3 is 2.54 bits per heavy atom. The van der Waals surface area contributed by atoms with E-state index in [9.17, 15) is 14.0 Å². The quantitative estimate of drug-likeness (QED) is 0.658. The number of esters is 1. The van der Waals surface area contributed by atoms with Gasteiger partial charge in [-0.3, -0.25) is 14.2 Å². The minimum absolute atomic E-state index is 0.0908. The van der Waals surface area contributed by atoms with Crippen molar-refractivity contribution in [3.63, 3.8) is 0 Å². The molecular weight excluding hydrogens is 365 g/mol. The Hall–Kier alpha value is -3.49. The second-order valence-electron chi connectivity index (χ2n) is 6.09. The number of nitrogens with one attached hydrogen (secondary N) is 1. The SMILES string of the molecule is CCc1nn(C)c(NC(=O)Cn2ccc(C(=O)OC)n2)c1-c1ccc(F)cc1. The van der Waals surface area contributed by atoms with E-state index >= 15 is 0 Å². The number of anilines is 1. The monoisotopic (exact) mass is 385 g/mol. The first-order chi connectivity index (χ1) is 13.4. The number of aromatic nitrogens is 4. The summed E-state index contributed by atoms with van der Waals surface area (Å²) in [5.41, 5.74) is 2.41. The summed E-state index contributed by atoms with van der Waals surface area (Å²) in [5, 5.41) is 11.3. The predicted octanol–water partition coefficient (Wildman–Crippen LogP) is 2.41. The van der Waals surface area contributed by atoms with Crippen LogP contribution in [-0.2, 0) is 29.5 Å². The van der Waals surface area contributed by atoms with Crippen molar-refractivity contribution in [2.24, 2.45) is 7.05 Å². The van der Waals surface area contributed by atoms with Gasteiger partial charge in [0.05, 0.1) is 12.8 Å². The lowest BCUT2D eigenvalue weighted by molar-refractivity contribution is -0.117. The molecule has 0 saturated heterocycles. The number of hydrogen-bond donors (Lipinski definition) is 1. The Bertz CT molecular complexity index is 1010. The number of amides is 1. The maximum Gasteiger partial charge on any atom is 0.358 e. The van der Waals surface area contributed by atoms with Crippen LogP contribution in [0.5, 0.6) is 0 Å². The third kappa shape index (κ3) is 3.93. The lowest BCUT2D eigenvalue weighted by Gasteiger charge is -2.10. The van der Waals surface area contributed by atoms with Crippen molar-refractivity contribution in [1.82, 2.24) is 19.6 Å². The normalized spacial score (nSPS) is 10.7. The molecule has 0 radical (unpaired) electrons. The first kappa shape index (κ1) is 19.3. The number of rotatable bonds is 6. The summed E-state index contributed by atoms with van der Waals surface area (Å²) in [4.78, 5) is 24.0. The van der Waals surface area contributed by atoms with E-state index in [2.05, 4.69) is 20.3 Å². The summed E-state index contributed by atoms with van der Waals surface area (Å²) in [6, 6.07) is 7.51. The molecule has 146 valence electrons. The summed E-state index contributed by atoms with van der Waals surface area (Å²) in [6.45, 7) is 1.87. The lowest BCUT2D eigenvalue weighted by Crippen LogP contribution is -2.21. The Morgan fingerprint density at radius 1 is 1.18 bits per heavy atom. The van der Waals surface area contributed by atoms with Crippen LogP contribution in [0.4, 0.5) is 10.2 Å². The fraction of sp³-hybridized carbons (Fsp3) is 0.263. The summed E-state index contributed by atoms with van der Waals surface area (Å²) in [6.07, 6.45) is 2.17. The highest BCUT2D eigenvalue weighted by molar-refractivity contribution is 5.95. The van der Waals surface area contributed by atoms with E-state index in [-0.39, 0.29) is 24.0 Å². The van der Waals surface area contributed by atoms with Crippen molar-refractivity contribution in [2.45, 2.75) is 19.9 Å². The van der Waals surface area contributed by atoms with Crippen LogP contribution in [-0.4, -0.2) is 38.5 Å². The molecular formula is C19H20FN5O3. The molecule has 0 atom stereocenters. The second kappa shape index (κ2) is 8.03. The molecule has 3 rings (SSSR count). The molecule has 0 spiro atoms. The van der Waals surface area contributed by atoms with E-state index in [1.165, 1.54) is 36.2 Å². The zero-order valence-corrected chi connectivity index (χ0v) is 15.8. The third-order valence-electron chi connectivity index (χ3n) is 4.19. The number of benzene rings is 1. The number of halogens is 1. The standard InChI is InChI=1S/C19H20FN5O3/c1-4-14-17(12-5-7-13(20)8-6-12)18(24(2)22-14)21-16(26)11-25-10-9-15(23-25)19(27)28-3/h5-10H,4,11H2,1-3H3,(H,21,26). The van der Waals surface area contributed by atoms with Gasteiger partial charge in [-0.15, -0.1) is 0 Å². The largest absolute Gasteiger partial charge is 0.464 e. The van der Waals surface area contributed by atoms with Gasteiger partial charge >= 0.3 is 5.97 Å². The molecule has 0 aliphatic rings. The molecule has 8 nitrogen and oxygen atoms in total. The van der Waals surface area contributed by atoms with Crippen LogP contribution in [0.1, 0.15) is 23.1 Å². The van der Waals surface area contributed by atoms with Crippen LogP contribution < -0.4 is 5.32 Å². The fourth-order valence-corrected chi connectivity index (χ4v) is 2.87. The molecule has 1 amide bonds. The zero-order valence-electron chi connectivity index (χ0n) is 15.8. The van der Waals surface area contributed by atoms with E-state index in [0.717, 1.165) is 16.8 Å². The topological polar surface area (TPSA) is 91.0 Å². The summed E-state index contributed by atoms with van der Waals surface area (Å²) >= 11 is 0. The molecule has 0 bridgehead atoms. The van der Waals surface area contributed by atoms with Gasteiger partial charge in [0, 0.05) is 18.8 Å². The lowest BCUT2D eigenvalue weighted by atomic mass is 10.0. The van der Waals surface area contributed by atoms with Gasteiger partial charge in [-0.2, -0.15) is 10.2 Å². The molecule has 3 aromatic rings. The van der Waals surface area contributed by atoms with Crippen molar-refractivity contribution in [1.29, 1.82) is 0 Å². The van der Waals surface area contributed by atoms with Gasteiger partial charge in [0.2, 0.25) is 5.91 Å². The number of ether oxygens (including phenoxy) is 1. The smallest absolute Gasteiger partial charge is 0.358 e. The van der Waals surface area contributed by atoms with Gasteiger partial charge in [0.15, 0.2) is 5.69 Å². The molecule has 0 saturated carbocycles. The maximum absolute atomic E-state index is 13.3. The van der Waals surface area contributed by atoms with Gasteiger partial charge in [-0.05, 0) is 30.2 Å². The number of carbonyl (C=O) groups excluding carboxylic acids is 2. The zero-order chi connectivity index (χ0) is 20.3. The Labute approximate surface area is 160 Å². The van der Waals surface area contributed by atoms with E-state index in [4.69, 9.17) is 0 Å². The van der Waals surface area contributed by atoms with Gasteiger partial charge in [0.25, 0.3) is 0 Å². The van der Waals surface area contributed by atoms with Crippen LogP contribution in [0.3, 0.4) is 0 Å². The number of carbonyl (C=O) groups is 2. The van der Waals surface area contributed by atoms with Crippen molar-refractivity contribution in [3.05, 3.63) is 53.7 Å². The average Bonchev–Trinajstić information content (AvgIpc) is 3.26. The molecule has 28 heavy (non-hydrogen) atoms. The van der Waals surface area contributed by atoms with E-state index in [1.807, 2.05) is 6.92 Å². The number of hydrogen-bond acceptors (Lipinski definition) is 5.